The third-order valence-electron chi connectivity index (χ3n) is 18.2. The van der Waals surface area contributed by atoms with E-state index in [1.165, 1.54) is 74.3 Å². The van der Waals surface area contributed by atoms with Crippen LogP contribution in [0.25, 0.3) is 0 Å². The Kier molecular flexibility index (Phi) is 48.0. The van der Waals surface area contributed by atoms with Gasteiger partial charge in [-0.1, -0.05) is 297 Å². The zero-order valence-corrected chi connectivity index (χ0v) is 75.2. The Morgan fingerprint density at radius 2 is 0.614 bits per heavy atom. The van der Waals surface area contributed by atoms with Gasteiger partial charge in [0.2, 0.25) is 0 Å². The van der Waals surface area contributed by atoms with E-state index < -0.39 is 19.1 Å². The number of rotatable bonds is 19. The number of methoxy groups -OCH3 is 2. The predicted molar refractivity (Wildman–Crippen MR) is 469 cm³/mol. The molecule has 0 radical (unpaired) electrons. The molecule has 0 spiro atoms. The smallest absolute Gasteiger partial charge is 0.496 e. The summed E-state index contributed by atoms with van der Waals surface area (Å²) < 4.78 is 123. The molecule has 0 aliphatic heterocycles. The van der Waals surface area contributed by atoms with Crippen LogP contribution in [0.15, 0.2) is 176 Å². The molecule has 0 amide bonds. The molecule has 0 aliphatic carbocycles. The van der Waals surface area contributed by atoms with Crippen LogP contribution in [-0.2, 0) is 12.8 Å². The second kappa shape index (κ2) is 52.6. The van der Waals surface area contributed by atoms with Gasteiger partial charge < -0.3 is 23.7 Å². The minimum Gasteiger partial charge on any atom is -0.496 e. The van der Waals surface area contributed by atoms with Crippen molar-refractivity contribution in [1.82, 2.24) is 0 Å². The highest BCUT2D eigenvalue weighted by atomic mass is 35.5. The first-order chi connectivity index (χ1) is 53.2. The molecule has 0 aromatic heterocycles. The molecule has 9 aromatic carbocycles. The number of benzene rings is 9. The van der Waals surface area contributed by atoms with Gasteiger partial charge in [0.1, 0.15) is 40.4 Å². The van der Waals surface area contributed by atoms with Gasteiger partial charge in [0.15, 0.2) is 6.61 Å². The van der Waals surface area contributed by atoms with Crippen molar-refractivity contribution in [3.05, 3.63) is 287 Å². The maximum Gasteiger partial charge on any atom is 0.573 e. The zero-order chi connectivity index (χ0) is 87.1. The van der Waals surface area contributed by atoms with Crippen LogP contribution < -0.4 is 23.7 Å². The summed E-state index contributed by atoms with van der Waals surface area (Å²) in [7, 11) is 3.28. The van der Waals surface area contributed by atoms with Crippen LogP contribution in [0.5, 0.6) is 28.7 Å². The lowest BCUT2D eigenvalue weighted by Gasteiger charge is -2.17. The van der Waals surface area contributed by atoms with Crippen molar-refractivity contribution in [1.29, 1.82) is 0 Å². The highest BCUT2D eigenvalue weighted by Crippen LogP contribution is 2.36. The lowest BCUT2D eigenvalue weighted by Crippen LogP contribution is -2.19. The number of hydrogen-bond donors (Lipinski definition) is 0. The van der Waals surface area contributed by atoms with Crippen molar-refractivity contribution in [3.63, 3.8) is 0 Å². The summed E-state index contributed by atoms with van der Waals surface area (Å²) >= 11 is 11.9. The van der Waals surface area contributed by atoms with Gasteiger partial charge in [-0.3, -0.25) is 0 Å². The van der Waals surface area contributed by atoms with E-state index in [9.17, 15) is 35.1 Å². The zero-order valence-electron chi connectivity index (χ0n) is 73.7. The normalized spacial score (nSPS) is 11.0. The van der Waals surface area contributed by atoms with E-state index >= 15 is 0 Å². The molecule has 15 heteroatoms. The Morgan fingerprint density at radius 1 is 0.307 bits per heavy atom. The van der Waals surface area contributed by atoms with Crippen LogP contribution in [0.4, 0.5) is 35.1 Å². The van der Waals surface area contributed by atoms with E-state index in [2.05, 4.69) is 190 Å². The summed E-state index contributed by atoms with van der Waals surface area (Å²) in [5.74, 6) is 6.51. The van der Waals surface area contributed by atoms with Gasteiger partial charge in [-0.15, -0.1) is 13.2 Å². The van der Waals surface area contributed by atoms with Crippen LogP contribution in [0.1, 0.15) is 295 Å². The van der Waals surface area contributed by atoms with Crippen molar-refractivity contribution in [2.75, 3.05) is 27.4 Å². The molecule has 114 heavy (non-hydrogen) atoms. The van der Waals surface area contributed by atoms with E-state index in [0.29, 0.717) is 58.1 Å². The SMILES string of the molecule is CC(C)c1c(Cl)cccc1Cl.CC(C)c1ccccc1OC(F)(F)F.CC(C)c1ccccc1OCC(F)(F)F.CCc1cccc(CC)c1C(C)C.COc1cccc(C)c1C(C)C.COc1cccc(F)c1C(C)C.Cc1cccc(C)c1C(C)C.Cc1cccc(F)c1C(C)C.Cc1cccc(OCC(C)C)c1C(C)C. The highest BCUT2D eigenvalue weighted by molar-refractivity contribution is 6.36. The van der Waals surface area contributed by atoms with E-state index in [1.807, 2.05) is 98.7 Å². The van der Waals surface area contributed by atoms with E-state index in [-0.39, 0.29) is 41.1 Å². The Balaban J connectivity index is 0.000000643. The fraction of sp³-hybridized carbons (Fsp3) is 0.455. The first kappa shape index (κ1) is 104. The monoisotopic (exact) mass is 1620 g/mol. The molecule has 0 saturated carbocycles. The van der Waals surface area contributed by atoms with Crippen molar-refractivity contribution in [2.24, 2.45) is 5.92 Å². The third kappa shape index (κ3) is 37.3. The molecular formula is C99H134Cl2F8O5. The van der Waals surface area contributed by atoms with Gasteiger partial charge in [0, 0.05) is 15.6 Å². The largest absolute Gasteiger partial charge is 0.573 e. The first-order valence-electron chi connectivity index (χ1n) is 39.9. The molecule has 0 fully saturated rings. The molecule has 9 rings (SSSR count). The number of alkyl halides is 6. The van der Waals surface area contributed by atoms with Gasteiger partial charge in [-0.25, -0.2) is 8.78 Å². The van der Waals surface area contributed by atoms with Gasteiger partial charge in [0.25, 0.3) is 0 Å². The Hall–Kier alpha value is -8.00. The average Bonchev–Trinajstić information content (AvgIpc) is 0.861. The number of ether oxygens (including phenoxy) is 5. The van der Waals surface area contributed by atoms with Crippen molar-refractivity contribution in [3.8, 4) is 28.7 Å². The van der Waals surface area contributed by atoms with Gasteiger partial charge in [0.05, 0.1) is 20.8 Å². The Bertz CT molecular complexity index is 3930. The predicted octanol–water partition coefficient (Wildman–Crippen LogP) is 32.4. The van der Waals surface area contributed by atoms with Crippen LogP contribution in [0.2, 0.25) is 10.0 Å². The fourth-order valence-corrected chi connectivity index (χ4v) is 14.1. The van der Waals surface area contributed by atoms with E-state index in [4.69, 9.17) is 42.1 Å². The summed E-state index contributed by atoms with van der Waals surface area (Å²) in [4.78, 5) is 0. The minimum absolute atomic E-state index is 0.00792. The summed E-state index contributed by atoms with van der Waals surface area (Å²) in [6.45, 7) is 56.3. The summed E-state index contributed by atoms with van der Waals surface area (Å²) in [6, 6.07) is 54.3. The van der Waals surface area contributed by atoms with Gasteiger partial charge in [-0.05, 0) is 245 Å². The minimum atomic E-state index is -4.62. The first-order valence-corrected chi connectivity index (χ1v) is 40.7. The summed E-state index contributed by atoms with van der Waals surface area (Å²) in [6.07, 6.45) is -6.60. The maximum atomic E-state index is 13.2. The number of aryl methyl sites for hydroxylation is 7. The molecule has 5 nitrogen and oxygen atoms in total. The molecule has 0 N–H and O–H groups in total. The average molecular weight is 1630 g/mol. The quantitative estimate of drug-likeness (QED) is 0.0755. The molecular weight excluding hydrogens is 1490 g/mol. The molecule has 9 aromatic rings. The van der Waals surface area contributed by atoms with Crippen molar-refractivity contribution in [2.45, 2.75) is 266 Å². The van der Waals surface area contributed by atoms with Crippen molar-refractivity contribution < 1.29 is 58.8 Å². The second-order valence-electron chi connectivity index (χ2n) is 31.3. The number of para-hydroxylation sites is 2. The van der Waals surface area contributed by atoms with Gasteiger partial charge >= 0.3 is 12.5 Å². The molecule has 630 valence electrons. The molecule has 0 saturated heterocycles. The summed E-state index contributed by atoms with van der Waals surface area (Å²) in [5.41, 5.74) is 19.2. The lowest BCUT2D eigenvalue weighted by atomic mass is 9.90. The van der Waals surface area contributed by atoms with Crippen molar-refractivity contribution >= 4 is 23.2 Å². The Morgan fingerprint density at radius 3 is 0.939 bits per heavy atom. The molecule has 0 aliphatic rings. The van der Waals surface area contributed by atoms with E-state index in [1.54, 1.807) is 74.4 Å². The number of hydrogen-bond acceptors (Lipinski definition) is 5. The molecule has 0 unspecified atom stereocenters. The van der Waals surface area contributed by atoms with Crippen LogP contribution in [-0.4, -0.2) is 40.0 Å². The van der Waals surface area contributed by atoms with Crippen LogP contribution in [0.3, 0.4) is 0 Å². The van der Waals surface area contributed by atoms with Gasteiger partial charge in [-0.2, -0.15) is 13.2 Å². The summed E-state index contributed by atoms with van der Waals surface area (Å²) in [5, 5.41) is 1.51. The topological polar surface area (TPSA) is 46.2 Å². The van der Waals surface area contributed by atoms with Crippen LogP contribution >= 0.6 is 23.2 Å². The molecule has 0 heterocycles. The third-order valence-corrected chi connectivity index (χ3v) is 18.9. The maximum absolute atomic E-state index is 13.2. The Labute approximate surface area is 692 Å². The fourth-order valence-electron chi connectivity index (χ4n) is 13.2. The second-order valence-corrected chi connectivity index (χ2v) is 32.1. The lowest BCUT2D eigenvalue weighted by molar-refractivity contribution is -0.275. The number of halogens is 10. The highest BCUT2D eigenvalue weighted by Gasteiger charge is 2.32. The molecule has 0 atom stereocenters. The van der Waals surface area contributed by atoms with Crippen LogP contribution in [0, 0.1) is 52.2 Å². The molecule has 0 bridgehead atoms. The standard InChI is InChI=1S/C14H22O.C13H20.C11H13F3O.C11H16O.C11H16.C10H11F3O.C10H13FO.C10H13F.C9H10Cl2/c1-10(2)9-15-13-8-6-7-12(5)14(13)11(3)4;1-5-11-8-7-9-12(6-2)13(11)10(3)4;1-8(2)9-5-3-4-6-10(9)15-7-11(12,13)14;1-8(2)11-9(3)6-5-7-10(11)12-4;1-8(2)11-9(3)6-5-7-10(11)4;1-7(2)8-5-3-4-6-9(8)14-10(11,12)13;1-7(2)10-8(11)5-4-6-9(10)12-3;1-7(2)10-8(3)5-4-6-9(10)11;1-6(2)9-7(10)4-3-5-8(9)11/h6-8,10-11H,9H2,1-5H3;7-10H,5-6H2,1-4H3;3-6,8H,7H2,1-2H3;5-8H,1-4H3;5-8H,1-4H3;3-7H,1-2H3;4-7H,1-3H3;4-7H,1-3H3;3-6H,1-2H3. The van der Waals surface area contributed by atoms with E-state index in [0.717, 1.165) is 63.2 Å².